The Hall–Kier alpha value is -2.55. The maximum atomic E-state index is 12.7. The summed E-state index contributed by atoms with van der Waals surface area (Å²) in [5, 5.41) is 1.83. The van der Waals surface area contributed by atoms with E-state index in [2.05, 4.69) is 5.32 Å². The average molecular weight is 362 g/mol. The Balaban J connectivity index is 2.05. The van der Waals surface area contributed by atoms with E-state index in [9.17, 15) is 27.6 Å². The molecule has 0 saturated heterocycles. The molecule has 0 unspecified atom stereocenters. The van der Waals surface area contributed by atoms with Crippen LogP contribution in [-0.4, -0.2) is 15.5 Å². The summed E-state index contributed by atoms with van der Waals surface area (Å²) in [6.45, 7) is -0.0405. The average Bonchev–Trinajstić information content (AvgIpc) is 2.47. The minimum Gasteiger partial charge on any atom is -0.326 e. The molecule has 0 fully saturated rings. The highest BCUT2D eigenvalue weighted by atomic mass is 35.5. The molecule has 0 radical (unpaired) electrons. The van der Waals surface area contributed by atoms with E-state index in [1.807, 2.05) is 4.98 Å². The quantitative estimate of drug-likeness (QED) is 0.876. The van der Waals surface area contributed by atoms with Crippen molar-refractivity contribution in [2.24, 2.45) is 0 Å². The first-order chi connectivity index (χ1) is 11.2. The first-order valence-electron chi connectivity index (χ1n) is 6.63. The lowest BCUT2D eigenvalue weighted by atomic mass is 10.2. The number of carbonyl (C=O) groups excluding carboxylic acids is 1. The Labute approximate surface area is 137 Å². The van der Waals surface area contributed by atoms with Crippen LogP contribution in [0.5, 0.6) is 0 Å². The van der Waals surface area contributed by atoms with Crippen LogP contribution < -0.4 is 16.6 Å². The number of anilines is 1. The van der Waals surface area contributed by atoms with Gasteiger partial charge in [-0.2, -0.15) is 13.2 Å². The third-order valence-corrected chi connectivity index (χ3v) is 3.36. The Morgan fingerprint density at radius 2 is 1.96 bits per heavy atom. The maximum Gasteiger partial charge on any atom is 0.417 e. The highest BCUT2D eigenvalue weighted by molar-refractivity contribution is 6.31. The lowest BCUT2D eigenvalue weighted by Crippen LogP contribution is -2.29. The van der Waals surface area contributed by atoms with Crippen LogP contribution in [0.15, 0.2) is 40.1 Å². The summed E-state index contributed by atoms with van der Waals surface area (Å²) >= 11 is 5.49. The third kappa shape index (κ3) is 4.48. The minimum atomic E-state index is -4.64. The second-order valence-corrected chi connectivity index (χ2v) is 5.20. The lowest BCUT2D eigenvalue weighted by molar-refractivity contribution is -0.137. The summed E-state index contributed by atoms with van der Waals surface area (Å²) in [6.07, 6.45) is -3.59. The van der Waals surface area contributed by atoms with Gasteiger partial charge < -0.3 is 9.88 Å². The molecule has 2 rings (SSSR count). The van der Waals surface area contributed by atoms with Crippen molar-refractivity contribution >= 4 is 23.2 Å². The van der Waals surface area contributed by atoms with Crippen molar-refractivity contribution in [3.05, 3.63) is 61.9 Å². The molecule has 1 heterocycles. The SMILES string of the molecule is O=C(CCn1ccc(=O)[nH]c1=O)Nc1ccc(Cl)c(C(F)(F)F)c1. The van der Waals surface area contributed by atoms with E-state index in [1.54, 1.807) is 0 Å². The van der Waals surface area contributed by atoms with Gasteiger partial charge in [0.05, 0.1) is 10.6 Å². The first kappa shape index (κ1) is 17.8. The molecule has 128 valence electrons. The van der Waals surface area contributed by atoms with E-state index in [0.717, 1.165) is 22.8 Å². The zero-order chi connectivity index (χ0) is 17.9. The van der Waals surface area contributed by atoms with Crippen molar-refractivity contribution in [2.45, 2.75) is 19.1 Å². The van der Waals surface area contributed by atoms with Gasteiger partial charge >= 0.3 is 11.9 Å². The smallest absolute Gasteiger partial charge is 0.326 e. The molecule has 0 atom stereocenters. The molecule has 1 amide bonds. The van der Waals surface area contributed by atoms with Gasteiger partial charge in [-0.05, 0) is 18.2 Å². The number of amides is 1. The van der Waals surface area contributed by atoms with E-state index < -0.39 is 33.9 Å². The van der Waals surface area contributed by atoms with Crippen molar-refractivity contribution in [3.8, 4) is 0 Å². The molecule has 0 aliphatic rings. The molecule has 0 aliphatic carbocycles. The number of nitrogens with one attached hydrogen (secondary N) is 2. The van der Waals surface area contributed by atoms with Gasteiger partial charge in [0.1, 0.15) is 0 Å². The fourth-order valence-corrected chi connectivity index (χ4v) is 2.11. The van der Waals surface area contributed by atoms with E-state index in [-0.39, 0.29) is 18.7 Å². The number of carbonyl (C=O) groups is 1. The van der Waals surface area contributed by atoms with Crippen LogP contribution in [0.3, 0.4) is 0 Å². The van der Waals surface area contributed by atoms with Gasteiger partial charge in [-0.25, -0.2) is 4.79 Å². The zero-order valence-corrected chi connectivity index (χ0v) is 12.7. The number of alkyl halides is 3. The van der Waals surface area contributed by atoms with Crippen molar-refractivity contribution in [3.63, 3.8) is 0 Å². The second kappa shape index (κ2) is 6.91. The molecule has 0 spiro atoms. The Morgan fingerprint density at radius 1 is 1.25 bits per heavy atom. The number of aromatic amines is 1. The third-order valence-electron chi connectivity index (χ3n) is 3.03. The van der Waals surface area contributed by atoms with Gasteiger partial charge in [0, 0.05) is 30.9 Å². The predicted octanol–water partition coefficient (Wildman–Crippen LogP) is 2.24. The highest BCUT2D eigenvalue weighted by Gasteiger charge is 2.33. The van der Waals surface area contributed by atoms with E-state index in [1.165, 1.54) is 12.3 Å². The molecule has 0 aliphatic heterocycles. The normalized spacial score (nSPS) is 11.3. The lowest BCUT2D eigenvalue weighted by Gasteiger charge is -2.12. The summed E-state index contributed by atoms with van der Waals surface area (Å²) in [6, 6.07) is 4.12. The van der Waals surface area contributed by atoms with Gasteiger partial charge in [-0.3, -0.25) is 14.6 Å². The van der Waals surface area contributed by atoms with Crippen LogP contribution in [0.2, 0.25) is 5.02 Å². The van der Waals surface area contributed by atoms with Gasteiger partial charge in [0.15, 0.2) is 0 Å². The maximum absolute atomic E-state index is 12.7. The summed E-state index contributed by atoms with van der Waals surface area (Å²) in [5.74, 6) is -0.594. The van der Waals surface area contributed by atoms with Crippen molar-refractivity contribution < 1.29 is 18.0 Å². The van der Waals surface area contributed by atoms with Gasteiger partial charge in [-0.1, -0.05) is 11.6 Å². The molecule has 24 heavy (non-hydrogen) atoms. The highest BCUT2D eigenvalue weighted by Crippen LogP contribution is 2.36. The number of halogens is 4. The number of hydrogen-bond acceptors (Lipinski definition) is 3. The summed E-state index contributed by atoms with van der Waals surface area (Å²) in [5.41, 5.74) is -2.37. The van der Waals surface area contributed by atoms with Crippen LogP contribution >= 0.6 is 11.6 Å². The first-order valence-corrected chi connectivity index (χ1v) is 7.01. The van der Waals surface area contributed by atoms with Crippen LogP contribution in [0.25, 0.3) is 0 Å². The van der Waals surface area contributed by atoms with E-state index in [0.29, 0.717) is 0 Å². The number of nitrogens with zero attached hydrogens (tertiary/aromatic N) is 1. The van der Waals surface area contributed by atoms with Gasteiger partial charge in [0.25, 0.3) is 5.56 Å². The second-order valence-electron chi connectivity index (χ2n) is 4.79. The largest absolute Gasteiger partial charge is 0.417 e. The van der Waals surface area contributed by atoms with Crippen LogP contribution in [-0.2, 0) is 17.5 Å². The van der Waals surface area contributed by atoms with Crippen LogP contribution in [0, 0.1) is 0 Å². The monoisotopic (exact) mass is 361 g/mol. The number of aromatic nitrogens is 2. The van der Waals surface area contributed by atoms with Crippen LogP contribution in [0.4, 0.5) is 18.9 Å². The predicted molar refractivity (Wildman–Crippen MR) is 81.0 cm³/mol. The Bertz CT molecular complexity index is 874. The zero-order valence-electron chi connectivity index (χ0n) is 12.0. The number of aryl methyl sites for hydroxylation is 1. The Morgan fingerprint density at radius 3 is 2.58 bits per heavy atom. The molecular weight excluding hydrogens is 351 g/mol. The number of benzene rings is 1. The Kier molecular flexibility index (Phi) is 5.13. The molecule has 2 aromatic rings. The molecule has 10 heteroatoms. The molecule has 6 nitrogen and oxygen atoms in total. The van der Waals surface area contributed by atoms with Crippen LogP contribution in [0.1, 0.15) is 12.0 Å². The fraction of sp³-hybridized carbons (Fsp3) is 0.214. The molecular formula is C14H11ClF3N3O3. The number of hydrogen-bond donors (Lipinski definition) is 2. The number of rotatable bonds is 4. The summed E-state index contributed by atoms with van der Waals surface area (Å²) in [7, 11) is 0. The van der Waals surface area contributed by atoms with Crippen molar-refractivity contribution in [2.75, 3.05) is 5.32 Å². The van der Waals surface area contributed by atoms with E-state index in [4.69, 9.17) is 11.6 Å². The molecule has 1 aromatic carbocycles. The standard InChI is InChI=1S/C14H11ClF3N3O3/c15-10-2-1-8(7-9(10)14(16,17)18)19-11(22)3-5-21-6-4-12(23)20-13(21)24/h1-2,4,6-7H,3,5H2,(H,19,22)(H,20,23,24). The molecule has 2 N–H and O–H groups in total. The van der Waals surface area contributed by atoms with Crippen molar-refractivity contribution in [1.82, 2.24) is 9.55 Å². The van der Waals surface area contributed by atoms with Gasteiger partial charge in [-0.15, -0.1) is 0 Å². The topological polar surface area (TPSA) is 84.0 Å². The molecule has 0 saturated carbocycles. The molecule has 0 bridgehead atoms. The molecule has 1 aromatic heterocycles. The summed E-state index contributed by atoms with van der Waals surface area (Å²) < 4.78 is 39.3. The number of H-pyrrole nitrogens is 1. The van der Waals surface area contributed by atoms with Gasteiger partial charge in [0.2, 0.25) is 5.91 Å². The van der Waals surface area contributed by atoms with Crippen molar-refractivity contribution in [1.29, 1.82) is 0 Å². The van der Waals surface area contributed by atoms with E-state index >= 15 is 0 Å². The summed E-state index contributed by atoms with van der Waals surface area (Å²) in [4.78, 5) is 36.2. The fourth-order valence-electron chi connectivity index (χ4n) is 1.89. The minimum absolute atomic E-state index is 0.0405.